The van der Waals surface area contributed by atoms with Gasteiger partial charge >= 0.3 is 6.03 Å². The molecule has 2 fully saturated rings. The van der Waals surface area contributed by atoms with Gasteiger partial charge in [0.1, 0.15) is 0 Å². The van der Waals surface area contributed by atoms with Crippen molar-refractivity contribution in [3.63, 3.8) is 0 Å². The first-order chi connectivity index (χ1) is 4.86. The molecular formula is C7H12N2O. The fraction of sp³-hybridized carbons (Fsp3) is 0.857. The van der Waals surface area contributed by atoms with Gasteiger partial charge in [0.2, 0.25) is 0 Å². The largest absolute Gasteiger partial charge is 0.336 e. The van der Waals surface area contributed by atoms with Crippen LogP contribution in [0.5, 0.6) is 0 Å². The van der Waals surface area contributed by atoms with E-state index in [1.807, 2.05) is 4.90 Å². The Kier molecular flexibility index (Phi) is 1.29. The van der Waals surface area contributed by atoms with Gasteiger partial charge in [-0.2, -0.15) is 0 Å². The highest BCUT2D eigenvalue weighted by Crippen LogP contribution is 2.29. The summed E-state index contributed by atoms with van der Waals surface area (Å²) in [7, 11) is 0. The normalized spacial score (nSPS) is 25.2. The van der Waals surface area contributed by atoms with Crippen LogP contribution < -0.4 is 5.32 Å². The van der Waals surface area contributed by atoms with Gasteiger partial charge in [0.15, 0.2) is 0 Å². The van der Waals surface area contributed by atoms with Crippen LogP contribution in [0.4, 0.5) is 4.79 Å². The summed E-state index contributed by atoms with van der Waals surface area (Å²) in [4.78, 5) is 12.9. The van der Waals surface area contributed by atoms with Crippen molar-refractivity contribution in [2.24, 2.45) is 5.92 Å². The van der Waals surface area contributed by atoms with Crippen molar-refractivity contribution >= 4 is 6.03 Å². The van der Waals surface area contributed by atoms with Crippen LogP contribution in [-0.4, -0.2) is 30.6 Å². The van der Waals surface area contributed by atoms with Gasteiger partial charge in [-0.1, -0.05) is 0 Å². The van der Waals surface area contributed by atoms with E-state index in [1.54, 1.807) is 0 Å². The smallest absolute Gasteiger partial charge is 0.317 e. The van der Waals surface area contributed by atoms with Gasteiger partial charge in [0.25, 0.3) is 0 Å². The average Bonchev–Trinajstić information content (AvgIpc) is 2.62. The van der Waals surface area contributed by atoms with E-state index >= 15 is 0 Å². The molecule has 10 heavy (non-hydrogen) atoms. The maximum atomic E-state index is 11.0. The number of nitrogens with zero attached hydrogens (tertiary/aromatic N) is 1. The van der Waals surface area contributed by atoms with Crippen molar-refractivity contribution in [1.29, 1.82) is 0 Å². The number of nitrogens with one attached hydrogen (secondary N) is 1. The molecule has 1 aliphatic carbocycles. The van der Waals surface area contributed by atoms with E-state index in [2.05, 4.69) is 5.32 Å². The Bertz CT molecular complexity index is 154. The van der Waals surface area contributed by atoms with Crippen LogP contribution in [0.2, 0.25) is 0 Å². The molecule has 1 heterocycles. The average molecular weight is 140 g/mol. The Morgan fingerprint density at radius 3 is 2.90 bits per heavy atom. The van der Waals surface area contributed by atoms with E-state index in [-0.39, 0.29) is 6.03 Å². The van der Waals surface area contributed by atoms with Gasteiger partial charge in [-0.15, -0.1) is 0 Å². The zero-order chi connectivity index (χ0) is 6.97. The lowest BCUT2D eigenvalue weighted by molar-refractivity contribution is 0.215. The Morgan fingerprint density at radius 1 is 1.60 bits per heavy atom. The molecule has 2 rings (SSSR count). The molecule has 2 aliphatic rings. The minimum Gasteiger partial charge on any atom is -0.336 e. The molecule has 0 radical (unpaired) electrons. The standard InChI is InChI=1S/C7H12N2O/c10-7-8-3-4-9(7)5-6-1-2-6/h6H,1-5H2,(H,8,10). The van der Waals surface area contributed by atoms with Gasteiger partial charge in [-0.25, -0.2) is 4.79 Å². The van der Waals surface area contributed by atoms with Crippen molar-refractivity contribution in [2.75, 3.05) is 19.6 Å². The second kappa shape index (κ2) is 2.15. The van der Waals surface area contributed by atoms with E-state index in [9.17, 15) is 4.79 Å². The van der Waals surface area contributed by atoms with E-state index in [0.717, 1.165) is 25.6 Å². The van der Waals surface area contributed by atoms with Gasteiger partial charge in [-0.3, -0.25) is 0 Å². The summed E-state index contributed by atoms with van der Waals surface area (Å²) in [5.41, 5.74) is 0. The number of amides is 2. The van der Waals surface area contributed by atoms with E-state index in [4.69, 9.17) is 0 Å². The zero-order valence-corrected chi connectivity index (χ0v) is 5.97. The third kappa shape index (κ3) is 1.08. The first-order valence-electron chi connectivity index (χ1n) is 3.89. The van der Waals surface area contributed by atoms with Crippen molar-refractivity contribution in [1.82, 2.24) is 10.2 Å². The van der Waals surface area contributed by atoms with Crippen LogP contribution in [0.25, 0.3) is 0 Å². The summed E-state index contributed by atoms with van der Waals surface area (Å²) in [5, 5.41) is 2.79. The first kappa shape index (κ1) is 6.01. The lowest BCUT2D eigenvalue weighted by Gasteiger charge is -2.11. The highest BCUT2D eigenvalue weighted by atomic mass is 16.2. The maximum Gasteiger partial charge on any atom is 0.317 e. The second-order valence-electron chi connectivity index (χ2n) is 3.12. The molecule has 3 nitrogen and oxygen atoms in total. The molecule has 56 valence electrons. The first-order valence-corrected chi connectivity index (χ1v) is 3.89. The highest BCUT2D eigenvalue weighted by molar-refractivity contribution is 5.76. The Hall–Kier alpha value is -0.730. The van der Waals surface area contributed by atoms with Crippen molar-refractivity contribution in [3.8, 4) is 0 Å². The van der Waals surface area contributed by atoms with Crippen molar-refractivity contribution in [2.45, 2.75) is 12.8 Å². The molecule has 0 aromatic carbocycles. The Labute approximate surface area is 60.4 Å². The third-order valence-electron chi connectivity index (χ3n) is 2.12. The lowest BCUT2D eigenvalue weighted by Crippen LogP contribution is -2.29. The van der Waals surface area contributed by atoms with E-state index in [0.29, 0.717) is 0 Å². The number of rotatable bonds is 2. The summed E-state index contributed by atoms with van der Waals surface area (Å²) < 4.78 is 0. The summed E-state index contributed by atoms with van der Waals surface area (Å²) >= 11 is 0. The lowest BCUT2D eigenvalue weighted by atomic mass is 10.4. The highest BCUT2D eigenvalue weighted by Gasteiger charge is 2.28. The number of carbonyl (C=O) groups is 1. The minimum atomic E-state index is 0.131. The second-order valence-corrected chi connectivity index (χ2v) is 3.12. The summed E-state index contributed by atoms with van der Waals surface area (Å²) in [5.74, 6) is 0.823. The monoisotopic (exact) mass is 140 g/mol. The minimum absolute atomic E-state index is 0.131. The topological polar surface area (TPSA) is 32.3 Å². The Morgan fingerprint density at radius 2 is 2.40 bits per heavy atom. The molecule has 0 unspecified atom stereocenters. The molecule has 1 aliphatic heterocycles. The van der Waals surface area contributed by atoms with Crippen LogP contribution in [0, 0.1) is 5.92 Å². The van der Waals surface area contributed by atoms with Crippen molar-refractivity contribution in [3.05, 3.63) is 0 Å². The molecule has 0 atom stereocenters. The van der Waals surface area contributed by atoms with Gasteiger partial charge < -0.3 is 10.2 Å². The van der Waals surface area contributed by atoms with Crippen molar-refractivity contribution < 1.29 is 4.79 Å². The molecule has 0 aromatic rings. The Balaban J connectivity index is 1.84. The molecule has 2 amide bonds. The summed E-state index contributed by atoms with van der Waals surface area (Å²) in [6, 6.07) is 0.131. The summed E-state index contributed by atoms with van der Waals surface area (Å²) in [6.45, 7) is 2.74. The van der Waals surface area contributed by atoms with Crippen LogP contribution in [-0.2, 0) is 0 Å². The van der Waals surface area contributed by atoms with Crippen LogP contribution >= 0.6 is 0 Å². The molecular weight excluding hydrogens is 128 g/mol. The summed E-state index contributed by atoms with van der Waals surface area (Å²) in [6.07, 6.45) is 2.65. The number of urea groups is 1. The van der Waals surface area contributed by atoms with Gasteiger partial charge in [0.05, 0.1) is 0 Å². The molecule has 0 aromatic heterocycles. The quantitative estimate of drug-likeness (QED) is 0.592. The molecule has 1 saturated carbocycles. The van der Waals surface area contributed by atoms with Crippen LogP contribution in [0.3, 0.4) is 0 Å². The van der Waals surface area contributed by atoms with Gasteiger partial charge in [0, 0.05) is 19.6 Å². The maximum absolute atomic E-state index is 11.0. The predicted molar refractivity (Wildman–Crippen MR) is 37.7 cm³/mol. The van der Waals surface area contributed by atoms with Crippen LogP contribution in [0.15, 0.2) is 0 Å². The van der Waals surface area contributed by atoms with Crippen LogP contribution in [0.1, 0.15) is 12.8 Å². The fourth-order valence-electron chi connectivity index (χ4n) is 1.30. The van der Waals surface area contributed by atoms with E-state index < -0.39 is 0 Å². The van der Waals surface area contributed by atoms with Gasteiger partial charge in [-0.05, 0) is 18.8 Å². The third-order valence-corrected chi connectivity index (χ3v) is 2.12. The molecule has 1 N–H and O–H groups in total. The fourth-order valence-corrected chi connectivity index (χ4v) is 1.30. The SMILES string of the molecule is O=C1NCCN1CC1CC1. The number of hydrogen-bond acceptors (Lipinski definition) is 1. The molecule has 0 bridgehead atoms. The molecule has 0 spiro atoms. The molecule has 1 saturated heterocycles. The number of carbonyl (C=O) groups excluding carboxylic acids is 1. The van der Waals surface area contributed by atoms with E-state index in [1.165, 1.54) is 12.8 Å². The molecule has 3 heteroatoms. The zero-order valence-electron chi connectivity index (χ0n) is 5.97. The predicted octanol–water partition coefficient (Wildman–Crippen LogP) is 0.422. The number of hydrogen-bond donors (Lipinski definition) is 1.